The van der Waals surface area contributed by atoms with Gasteiger partial charge in [-0.2, -0.15) is 0 Å². The Hall–Kier alpha value is -0.126. The van der Waals surface area contributed by atoms with Crippen molar-refractivity contribution in [1.29, 1.82) is 0 Å². The zero-order valence-corrected chi connectivity index (χ0v) is 13.0. The summed E-state index contributed by atoms with van der Waals surface area (Å²) in [7, 11) is 0. The van der Waals surface area contributed by atoms with E-state index in [4.69, 9.17) is 9.96 Å². The van der Waals surface area contributed by atoms with Crippen molar-refractivity contribution < 1.29 is 28.0 Å². The van der Waals surface area contributed by atoms with Crippen molar-refractivity contribution in [3.8, 4) is 0 Å². The predicted molar refractivity (Wildman–Crippen MR) is 64.2 cm³/mol. The first-order valence-corrected chi connectivity index (χ1v) is 8.79. The van der Waals surface area contributed by atoms with Crippen LogP contribution in [0.2, 0.25) is 0 Å². The molecule has 4 nitrogen and oxygen atoms in total. The van der Waals surface area contributed by atoms with E-state index in [2.05, 4.69) is 29.0 Å². The van der Waals surface area contributed by atoms with Crippen LogP contribution in [-0.4, -0.2) is 22.9 Å². The van der Waals surface area contributed by atoms with Crippen LogP contribution in [0.1, 0.15) is 32.2 Å². The predicted octanol–water partition coefficient (Wildman–Crippen LogP) is 2.88. The molecule has 0 aliphatic carbocycles. The van der Waals surface area contributed by atoms with Gasteiger partial charge < -0.3 is 0 Å². The number of hydrogen-bond acceptors (Lipinski definition) is 3. The first-order valence-electron chi connectivity index (χ1n) is 6.18. The molecule has 0 aliphatic rings. The number of hydrogen-bond donors (Lipinski definition) is 0. The van der Waals surface area contributed by atoms with Gasteiger partial charge in [-0.3, -0.25) is 0 Å². The number of aryl methyl sites for hydroxylation is 2. The number of aromatic nitrogens is 1. The molecule has 0 spiro atoms. The maximum atomic E-state index is 5.92. The summed E-state index contributed by atoms with van der Waals surface area (Å²) in [5.41, 5.74) is 2.27. The summed E-state index contributed by atoms with van der Waals surface area (Å²) in [6.45, 7) is 11.9. The molecule has 0 bridgehead atoms. The van der Waals surface area contributed by atoms with E-state index >= 15 is 0 Å². The first kappa shape index (κ1) is 14.9. The van der Waals surface area contributed by atoms with Gasteiger partial charge in [-0.15, -0.1) is 0 Å². The summed E-state index contributed by atoms with van der Waals surface area (Å²) in [6, 6.07) is 4.15. The van der Waals surface area contributed by atoms with E-state index < -0.39 is 18.0 Å². The third-order valence-electron chi connectivity index (χ3n) is 2.53. The quantitative estimate of drug-likeness (QED) is 0.718. The van der Waals surface area contributed by atoms with Crippen molar-refractivity contribution in [2.75, 3.05) is 19.8 Å². The van der Waals surface area contributed by atoms with Crippen LogP contribution in [0.5, 0.6) is 0 Å². The molecule has 0 saturated heterocycles. The van der Waals surface area contributed by atoms with Crippen molar-refractivity contribution in [1.82, 2.24) is 3.05 Å². The molecule has 0 fully saturated rings. The minimum atomic E-state index is -3.37. The fraction of sp³-hybridized carbons (Fsp3) is 0.667. The summed E-state index contributed by atoms with van der Waals surface area (Å²) in [6.07, 6.45) is 0. The Kier molecular flexibility index (Phi) is 5.90. The summed E-state index contributed by atoms with van der Waals surface area (Å²) in [5, 5.41) is 0. The molecule has 0 N–H and O–H groups in total. The second-order valence-electron chi connectivity index (χ2n) is 3.77. The zero-order chi connectivity index (χ0) is 12.9. The van der Waals surface area contributed by atoms with E-state index in [1.165, 1.54) is 0 Å². The van der Waals surface area contributed by atoms with Gasteiger partial charge in [0.25, 0.3) is 0 Å². The molecule has 0 radical (unpaired) electrons. The van der Waals surface area contributed by atoms with Crippen LogP contribution in [0, 0.1) is 13.8 Å². The van der Waals surface area contributed by atoms with Gasteiger partial charge in [0, 0.05) is 0 Å². The number of nitrogens with zero attached hydrogens (tertiary/aromatic N) is 1. The molecule has 0 saturated carbocycles. The summed E-state index contributed by atoms with van der Waals surface area (Å²) in [4.78, 5) is 0. The molecule has 1 aromatic heterocycles. The van der Waals surface area contributed by atoms with Crippen LogP contribution in [0.4, 0.5) is 0 Å². The number of rotatable bonds is 7. The second-order valence-corrected chi connectivity index (χ2v) is 7.46. The van der Waals surface area contributed by atoms with Crippen molar-refractivity contribution in [3.63, 3.8) is 0 Å². The molecule has 98 valence electrons. The standard InChI is InChI=1S/C6H8N.3C2H5O.Ti/c1-5-3-4-6(2)7-5;3*1-2-3;/h3-4H,1-2H3;3*2H2,1H3;/q4*-1;+4. The van der Waals surface area contributed by atoms with Gasteiger partial charge in [0.2, 0.25) is 0 Å². The molecule has 0 amide bonds. The molecular weight excluding hydrogens is 254 g/mol. The monoisotopic (exact) mass is 277 g/mol. The molecule has 5 heteroatoms. The normalized spacial score (nSPS) is 12.1. The van der Waals surface area contributed by atoms with E-state index in [0.717, 1.165) is 11.4 Å². The third kappa shape index (κ3) is 3.21. The third-order valence-corrected chi connectivity index (χ3v) is 7.54. The van der Waals surface area contributed by atoms with Crippen LogP contribution in [0.3, 0.4) is 0 Å². The summed E-state index contributed by atoms with van der Waals surface area (Å²) in [5.74, 6) is 0. The van der Waals surface area contributed by atoms with Crippen LogP contribution in [-0.2, 0) is 28.0 Å². The van der Waals surface area contributed by atoms with Crippen LogP contribution >= 0.6 is 0 Å². The van der Waals surface area contributed by atoms with Gasteiger partial charge in [0.05, 0.1) is 0 Å². The topological polar surface area (TPSA) is 32.6 Å². The molecule has 1 aromatic rings. The molecular formula is C12H23NO3Ti. The molecule has 0 unspecified atom stereocenters. The molecule has 17 heavy (non-hydrogen) atoms. The van der Waals surface area contributed by atoms with E-state index in [-0.39, 0.29) is 0 Å². The molecule has 0 aliphatic heterocycles. The van der Waals surface area contributed by atoms with Gasteiger partial charge in [0.15, 0.2) is 0 Å². The van der Waals surface area contributed by atoms with Crippen LogP contribution in [0.15, 0.2) is 12.1 Å². The van der Waals surface area contributed by atoms with Crippen molar-refractivity contribution in [3.05, 3.63) is 23.5 Å². The SMILES string of the molecule is CC[O][Ti]([O]CC)([O]CC)[n]1c(C)ccc1C. The average Bonchev–Trinajstić information content (AvgIpc) is 2.60. The van der Waals surface area contributed by atoms with Crippen LogP contribution < -0.4 is 0 Å². The van der Waals surface area contributed by atoms with Crippen molar-refractivity contribution in [2.24, 2.45) is 0 Å². The average molecular weight is 277 g/mol. The fourth-order valence-electron chi connectivity index (χ4n) is 1.97. The summed E-state index contributed by atoms with van der Waals surface area (Å²) < 4.78 is 19.9. The Labute approximate surface area is 109 Å². The fourth-order valence-corrected chi connectivity index (χ4v) is 6.25. The second kappa shape index (κ2) is 6.71. The van der Waals surface area contributed by atoms with E-state index in [0.29, 0.717) is 19.8 Å². The zero-order valence-electron chi connectivity index (χ0n) is 11.4. The molecule has 0 atom stereocenters. The van der Waals surface area contributed by atoms with Gasteiger partial charge >= 0.3 is 109 Å². The van der Waals surface area contributed by atoms with Gasteiger partial charge in [-0.05, 0) is 0 Å². The minimum absolute atomic E-state index is 0.608. The maximum absolute atomic E-state index is 5.92. The van der Waals surface area contributed by atoms with Gasteiger partial charge in [0.1, 0.15) is 0 Å². The van der Waals surface area contributed by atoms with Crippen molar-refractivity contribution in [2.45, 2.75) is 34.6 Å². The van der Waals surface area contributed by atoms with Gasteiger partial charge in [-0.1, -0.05) is 0 Å². The van der Waals surface area contributed by atoms with E-state index in [9.17, 15) is 0 Å². The Bertz CT molecular complexity index is 315. The molecule has 1 rings (SSSR count). The Balaban J connectivity index is 3.19. The van der Waals surface area contributed by atoms with Gasteiger partial charge in [-0.25, -0.2) is 0 Å². The Morgan fingerprint density at radius 3 is 1.53 bits per heavy atom. The Morgan fingerprint density at radius 2 is 1.24 bits per heavy atom. The first-order chi connectivity index (χ1) is 8.11. The van der Waals surface area contributed by atoms with E-state index in [1.54, 1.807) is 0 Å². The van der Waals surface area contributed by atoms with E-state index in [1.807, 2.05) is 20.8 Å². The van der Waals surface area contributed by atoms with Crippen LogP contribution in [0.25, 0.3) is 0 Å². The Morgan fingerprint density at radius 1 is 0.882 bits per heavy atom. The summed E-state index contributed by atoms with van der Waals surface area (Å²) >= 11 is -3.37. The molecule has 0 aromatic carbocycles. The molecule has 1 heterocycles. The van der Waals surface area contributed by atoms with Crippen molar-refractivity contribution >= 4 is 0 Å².